The number of hydrogen-bond donors (Lipinski definition) is 1. The normalized spacial score (nSPS) is 10.6. The zero-order chi connectivity index (χ0) is 15.2. The van der Waals surface area contributed by atoms with E-state index in [0.29, 0.717) is 18.7 Å². The van der Waals surface area contributed by atoms with E-state index in [2.05, 4.69) is 10.3 Å². The molecule has 5 heteroatoms. The molecule has 0 saturated heterocycles. The monoisotopic (exact) mass is 288 g/mol. The van der Waals surface area contributed by atoms with Gasteiger partial charge in [0.1, 0.15) is 5.75 Å². The number of amides is 1. The lowest BCUT2D eigenvalue weighted by atomic mass is 10.1. The molecule has 0 unspecified atom stereocenters. The average molecular weight is 288 g/mol. The lowest BCUT2D eigenvalue weighted by Gasteiger charge is -2.09. The molecule has 1 amide bonds. The molecule has 5 nitrogen and oxygen atoms in total. The Hall–Kier alpha value is -2.14. The van der Waals surface area contributed by atoms with Crippen LogP contribution in [0.15, 0.2) is 24.3 Å². The minimum absolute atomic E-state index is 0.110. The van der Waals surface area contributed by atoms with E-state index in [-0.39, 0.29) is 5.91 Å². The topological polar surface area (TPSA) is 60.5 Å². The third kappa shape index (κ3) is 3.70. The highest BCUT2D eigenvalue weighted by atomic mass is 16.5. The number of nitrogens with zero attached hydrogens (tertiary/aromatic N) is 1. The number of ether oxygens (including phenoxy) is 2. The lowest BCUT2D eigenvalue weighted by molar-refractivity contribution is 0.0947. The summed E-state index contributed by atoms with van der Waals surface area (Å²) in [5.74, 6) is 0.639. The summed E-state index contributed by atoms with van der Waals surface area (Å²) in [4.78, 5) is 16.7. The smallest absolute Gasteiger partial charge is 0.253 e. The van der Waals surface area contributed by atoms with Gasteiger partial charge in [0, 0.05) is 25.6 Å². The van der Waals surface area contributed by atoms with Crippen molar-refractivity contribution in [1.82, 2.24) is 10.3 Å². The first-order valence-electron chi connectivity index (χ1n) is 6.88. The second-order valence-electron chi connectivity index (χ2n) is 4.78. The molecule has 0 fully saturated rings. The minimum Gasteiger partial charge on any atom is -0.497 e. The van der Waals surface area contributed by atoms with Crippen LogP contribution in [0.3, 0.4) is 0 Å². The van der Waals surface area contributed by atoms with Gasteiger partial charge in [0.15, 0.2) is 0 Å². The molecule has 0 aliphatic heterocycles. The van der Waals surface area contributed by atoms with Gasteiger partial charge in [-0.15, -0.1) is 0 Å². The van der Waals surface area contributed by atoms with E-state index in [1.165, 1.54) is 0 Å². The number of methoxy groups -OCH3 is 2. The van der Waals surface area contributed by atoms with Crippen LogP contribution in [0.1, 0.15) is 22.5 Å². The lowest BCUT2D eigenvalue weighted by Crippen LogP contribution is -2.26. The van der Waals surface area contributed by atoms with Gasteiger partial charge in [0.05, 0.1) is 23.9 Å². The molecule has 2 aromatic rings. The van der Waals surface area contributed by atoms with Crippen molar-refractivity contribution < 1.29 is 14.3 Å². The fourth-order valence-electron chi connectivity index (χ4n) is 2.12. The van der Waals surface area contributed by atoms with Crippen LogP contribution in [-0.2, 0) is 4.74 Å². The molecule has 2 rings (SSSR count). The molecule has 0 aliphatic carbocycles. The largest absolute Gasteiger partial charge is 0.497 e. The van der Waals surface area contributed by atoms with Gasteiger partial charge in [0.2, 0.25) is 0 Å². The summed E-state index contributed by atoms with van der Waals surface area (Å²) in [6.45, 7) is 3.06. The molecule has 0 spiro atoms. The number of pyridine rings is 1. The van der Waals surface area contributed by atoms with Crippen molar-refractivity contribution in [2.24, 2.45) is 0 Å². The molecule has 0 saturated carbocycles. The highest BCUT2D eigenvalue weighted by Gasteiger charge is 2.11. The fraction of sp³-hybridized carbons (Fsp3) is 0.375. The van der Waals surface area contributed by atoms with E-state index in [0.717, 1.165) is 28.8 Å². The van der Waals surface area contributed by atoms with Gasteiger partial charge in [-0.05, 0) is 37.6 Å². The van der Waals surface area contributed by atoms with Gasteiger partial charge in [-0.3, -0.25) is 9.78 Å². The number of benzene rings is 1. The third-order valence-corrected chi connectivity index (χ3v) is 3.27. The Bertz CT molecular complexity index is 641. The maximum absolute atomic E-state index is 12.2. The summed E-state index contributed by atoms with van der Waals surface area (Å²) in [6.07, 6.45) is 0.788. The second-order valence-corrected chi connectivity index (χ2v) is 4.78. The van der Waals surface area contributed by atoms with E-state index >= 15 is 0 Å². The highest BCUT2D eigenvalue weighted by molar-refractivity contribution is 5.98. The van der Waals surface area contributed by atoms with Crippen molar-refractivity contribution in [2.45, 2.75) is 13.3 Å². The molecule has 0 radical (unpaired) electrons. The van der Waals surface area contributed by atoms with Gasteiger partial charge in [-0.2, -0.15) is 0 Å². The molecular weight excluding hydrogens is 268 g/mol. The quantitative estimate of drug-likeness (QED) is 0.829. The Morgan fingerprint density at radius 3 is 2.81 bits per heavy atom. The van der Waals surface area contributed by atoms with Crippen LogP contribution >= 0.6 is 0 Å². The Morgan fingerprint density at radius 1 is 1.29 bits per heavy atom. The molecule has 21 heavy (non-hydrogen) atoms. The number of hydrogen-bond acceptors (Lipinski definition) is 4. The van der Waals surface area contributed by atoms with E-state index in [9.17, 15) is 4.79 Å². The van der Waals surface area contributed by atoms with Crippen molar-refractivity contribution in [1.29, 1.82) is 0 Å². The molecule has 1 heterocycles. The minimum atomic E-state index is -0.110. The van der Waals surface area contributed by atoms with Crippen LogP contribution in [-0.4, -0.2) is 38.3 Å². The summed E-state index contributed by atoms with van der Waals surface area (Å²) in [5, 5.41) is 3.77. The zero-order valence-corrected chi connectivity index (χ0v) is 12.6. The number of carbonyl (C=O) groups excluding carboxylic acids is 1. The Kier molecular flexibility index (Phi) is 5.11. The molecule has 0 aliphatic rings. The summed E-state index contributed by atoms with van der Waals surface area (Å²) < 4.78 is 10.2. The number of aryl methyl sites for hydroxylation is 1. The number of nitrogens with one attached hydrogen (secondary N) is 1. The molecular formula is C16H20N2O3. The Balaban J connectivity index is 2.22. The SMILES string of the molecule is COCCCNC(=O)c1cc2cc(OC)ccc2nc1C. The van der Waals surface area contributed by atoms with Crippen LogP contribution < -0.4 is 10.1 Å². The Morgan fingerprint density at radius 2 is 2.10 bits per heavy atom. The van der Waals surface area contributed by atoms with Crippen molar-refractivity contribution in [2.75, 3.05) is 27.4 Å². The summed E-state index contributed by atoms with van der Waals surface area (Å²) in [7, 11) is 3.26. The first kappa shape index (κ1) is 15.3. The number of carbonyl (C=O) groups is 1. The highest BCUT2D eigenvalue weighted by Crippen LogP contribution is 2.21. The molecule has 1 N–H and O–H groups in total. The number of aromatic nitrogens is 1. The molecule has 1 aromatic carbocycles. The molecule has 112 valence electrons. The van der Waals surface area contributed by atoms with E-state index in [1.807, 2.05) is 31.2 Å². The van der Waals surface area contributed by atoms with Crippen LogP contribution in [0.4, 0.5) is 0 Å². The van der Waals surface area contributed by atoms with Gasteiger partial charge < -0.3 is 14.8 Å². The van der Waals surface area contributed by atoms with E-state index in [4.69, 9.17) is 9.47 Å². The third-order valence-electron chi connectivity index (χ3n) is 3.27. The predicted molar refractivity (Wildman–Crippen MR) is 81.9 cm³/mol. The first-order chi connectivity index (χ1) is 10.2. The zero-order valence-electron chi connectivity index (χ0n) is 12.6. The van der Waals surface area contributed by atoms with Crippen LogP contribution in [0.5, 0.6) is 5.75 Å². The summed E-state index contributed by atoms with van der Waals surface area (Å²) in [5.41, 5.74) is 2.16. The van der Waals surface area contributed by atoms with Crippen LogP contribution in [0.25, 0.3) is 10.9 Å². The second kappa shape index (κ2) is 7.04. The van der Waals surface area contributed by atoms with Gasteiger partial charge in [-0.25, -0.2) is 0 Å². The van der Waals surface area contributed by atoms with E-state index in [1.54, 1.807) is 14.2 Å². The van der Waals surface area contributed by atoms with Crippen LogP contribution in [0, 0.1) is 6.92 Å². The van der Waals surface area contributed by atoms with Crippen molar-refractivity contribution in [3.8, 4) is 5.75 Å². The Labute approximate surface area is 124 Å². The van der Waals surface area contributed by atoms with E-state index < -0.39 is 0 Å². The van der Waals surface area contributed by atoms with Gasteiger partial charge in [0.25, 0.3) is 5.91 Å². The maximum atomic E-state index is 12.2. The first-order valence-corrected chi connectivity index (χ1v) is 6.88. The maximum Gasteiger partial charge on any atom is 0.253 e. The summed E-state index contributed by atoms with van der Waals surface area (Å²) in [6, 6.07) is 7.48. The van der Waals surface area contributed by atoms with Gasteiger partial charge in [-0.1, -0.05) is 0 Å². The number of fused-ring (bicyclic) bond motifs is 1. The average Bonchev–Trinajstić information content (AvgIpc) is 2.50. The number of rotatable bonds is 6. The van der Waals surface area contributed by atoms with Gasteiger partial charge >= 0.3 is 0 Å². The van der Waals surface area contributed by atoms with Crippen molar-refractivity contribution in [3.63, 3.8) is 0 Å². The molecule has 0 bridgehead atoms. The summed E-state index contributed by atoms with van der Waals surface area (Å²) >= 11 is 0. The van der Waals surface area contributed by atoms with Crippen LogP contribution in [0.2, 0.25) is 0 Å². The van der Waals surface area contributed by atoms with Crippen molar-refractivity contribution >= 4 is 16.8 Å². The molecule has 1 aromatic heterocycles. The van der Waals surface area contributed by atoms with Crippen molar-refractivity contribution in [3.05, 3.63) is 35.5 Å². The standard InChI is InChI=1S/C16H20N2O3/c1-11-14(16(19)17-7-4-8-20-2)10-12-9-13(21-3)5-6-15(12)18-11/h5-6,9-10H,4,7-8H2,1-3H3,(H,17,19). The predicted octanol–water partition coefficient (Wildman–Crippen LogP) is 2.32. The fourth-order valence-corrected chi connectivity index (χ4v) is 2.12. The molecule has 0 atom stereocenters.